The van der Waals surface area contributed by atoms with E-state index in [9.17, 15) is 9.59 Å². The fraction of sp³-hybridized carbons (Fsp3) is 0.409. The maximum Gasteiger partial charge on any atom is 0.264 e. The first-order valence-corrected chi connectivity index (χ1v) is 11.1. The molecule has 0 spiro atoms. The van der Waals surface area contributed by atoms with Crippen molar-refractivity contribution >= 4 is 33.4 Å². The van der Waals surface area contributed by atoms with Crippen molar-refractivity contribution in [1.82, 2.24) is 19.6 Å². The number of nitrogens with zero attached hydrogens (tertiary/aromatic N) is 4. The molecule has 3 aromatic rings. The monoisotopic (exact) mass is 408 g/mol. The second kappa shape index (κ2) is 7.30. The summed E-state index contributed by atoms with van der Waals surface area (Å²) >= 11 is 1.49. The molecule has 1 saturated heterocycles. The normalized spacial score (nSPS) is 17.6. The number of benzene rings is 1. The summed E-state index contributed by atoms with van der Waals surface area (Å²) in [5.41, 5.74) is 1.92. The molecule has 6 nitrogen and oxygen atoms in total. The van der Waals surface area contributed by atoms with Crippen molar-refractivity contribution in [3.05, 3.63) is 47.0 Å². The number of carbonyl (C=O) groups is 2. The number of aryl methyl sites for hydroxylation is 1. The lowest BCUT2D eigenvalue weighted by atomic mass is 9.84. The predicted octanol–water partition coefficient (Wildman–Crippen LogP) is 3.48. The summed E-state index contributed by atoms with van der Waals surface area (Å²) < 4.78 is 1.92. The molecule has 2 fully saturated rings. The molecule has 3 heterocycles. The highest BCUT2D eigenvalue weighted by Gasteiger charge is 2.32. The van der Waals surface area contributed by atoms with Gasteiger partial charge in [-0.15, -0.1) is 11.3 Å². The molecule has 0 radical (unpaired) electrons. The van der Waals surface area contributed by atoms with Crippen LogP contribution in [0.25, 0.3) is 15.9 Å². The molecule has 1 aliphatic heterocycles. The fourth-order valence-electron chi connectivity index (χ4n) is 4.10. The molecule has 1 saturated carbocycles. The summed E-state index contributed by atoms with van der Waals surface area (Å²) in [6.07, 6.45) is 3.22. The topological polar surface area (TPSA) is 58.4 Å². The number of piperazine rings is 1. The van der Waals surface area contributed by atoms with E-state index in [1.165, 1.54) is 17.8 Å². The summed E-state index contributed by atoms with van der Waals surface area (Å²) in [4.78, 5) is 31.1. The zero-order chi connectivity index (χ0) is 20.0. The minimum atomic E-state index is 0.0564. The molecule has 7 heteroatoms. The van der Waals surface area contributed by atoms with Gasteiger partial charge in [-0.05, 0) is 38.0 Å². The van der Waals surface area contributed by atoms with Crippen LogP contribution in [0.2, 0.25) is 0 Å². The van der Waals surface area contributed by atoms with E-state index in [0.717, 1.165) is 39.3 Å². The molecular formula is C22H24N4O2S. The summed E-state index contributed by atoms with van der Waals surface area (Å²) in [5.74, 6) is 0.563. The van der Waals surface area contributed by atoms with Gasteiger partial charge in [0.25, 0.3) is 5.91 Å². The lowest BCUT2D eigenvalue weighted by Crippen LogP contribution is -2.52. The zero-order valence-electron chi connectivity index (χ0n) is 16.5. The molecule has 0 atom stereocenters. The van der Waals surface area contributed by atoms with Crippen molar-refractivity contribution < 1.29 is 9.59 Å². The Hall–Kier alpha value is -2.67. The van der Waals surface area contributed by atoms with Crippen LogP contribution in [0.4, 0.5) is 0 Å². The average molecular weight is 409 g/mol. The highest BCUT2D eigenvalue weighted by molar-refractivity contribution is 7.20. The summed E-state index contributed by atoms with van der Waals surface area (Å²) in [7, 11) is 0. The predicted molar refractivity (Wildman–Crippen MR) is 114 cm³/mol. The van der Waals surface area contributed by atoms with Crippen LogP contribution in [0, 0.1) is 12.8 Å². The lowest BCUT2D eigenvalue weighted by molar-refractivity contribution is -0.139. The number of hydrogen-bond acceptors (Lipinski definition) is 4. The summed E-state index contributed by atoms with van der Waals surface area (Å²) in [6.45, 7) is 4.48. The molecule has 150 valence electrons. The van der Waals surface area contributed by atoms with E-state index < -0.39 is 0 Å². The number of carbonyl (C=O) groups excluding carboxylic acids is 2. The summed E-state index contributed by atoms with van der Waals surface area (Å²) in [5, 5.41) is 5.68. The first-order valence-electron chi connectivity index (χ1n) is 10.2. The van der Waals surface area contributed by atoms with Crippen molar-refractivity contribution in [3.8, 4) is 5.69 Å². The van der Waals surface area contributed by atoms with Crippen LogP contribution in [0.5, 0.6) is 0 Å². The van der Waals surface area contributed by atoms with Crippen molar-refractivity contribution in [2.75, 3.05) is 26.2 Å². The van der Waals surface area contributed by atoms with Crippen LogP contribution < -0.4 is 0 Å². The van der Waals surface area contributed by atoms with Gasteiger partial charge >= 0.3 is 0 Å². The van der Waals surface area contributed by atoms with Crippen LogP contribution in [0.1, 0.15) is 34.6 Å². The third kappa shape index (κ3) is 3.23. The highest BCUT2D eigenvalue weighted by Crippen LogP contribution is 2.32. The number of amides is 2. The van der Waals surface area contributed by atoms with E-state index in [-0.39, 0.29) is 17.7 Å². The first kappa shape index (κ1) is 18.4. The third-order valence-corrected chi connectivity index (χ3v) is 7.19. The number of hydrogen-bond donors (Lipinski definition) is 0. The summed E-state index contributed by atoms with van der Waals surface area (Å²) in [6, 6.07) is 12.0. The Morgan fingerprint density at radius 2 is 1.72 bits per heavy atom. The Bertz CT molecular complexity index is 1060. The first-order chi connectivity index (χ1) is 14.1. The number of aromatic nitrogens is 2. The molecular weight excluding hydrogens is 384 g/mol. The van der Waals surface area contributed by atoms with Crippen LogP contribution in [0.15, 0.2) is 36.4 Å². The minimum Gasteiger partial charge on any atom is -0.339 e. The number of para-hydroxylation sites is 1. The Kier molecular flexibility index (Phi) is 4.62. The van der Waals surface area contributed by atoms with Gasteiger partial charge in [-0.1, -0.05) is 24.6 Å². The molecule has 0 N–H and O–H groups in total. The standard InChI is InChI=1S/C22H24N4O2S/c1-15-18-14-19(29-22(18)26(23-15)17-8-3-2-4-9-17)21(28)25-12-10-24(11-13-25)20(27)16-6-5-7-16/h2-4,8-9,14,16H,5-7,10-13H2,1H3. The molecule has 29 heavy (non-hydrogen) atoms. The quantitative estimate of drug-likeness (QED) is 0.667. The molecule has 5 rings (SSSR count). The Morgan fingerprint density at radius 3 is 2.38 bits per heavy atom. The van der Waals surface area contributed by atoms with E-state index in [2.05, 4.69) is 5.10 Å². The Morgan fingerprint density at radius 1 is 1.03 bits per heavy atom. The van der Waals surface area contributed by atoms with Gasteiger partial charge in [-0.3, -0.25) is 9.59 Å². The van der Waals surface area contributed by atoms with E-state index in [1.807, 2.05) is 57.8 Å². The van der Waals surface area contributed by atoms with Gasteiger partial charge in [-0.25, -0.2) is 4.68 Å². The SMILES string of the molecule is Cc1nn(-c2ccccc2)c2sc(C(=O)N3CCN(C(=O)C4CCC4)CC3)cc12. The van der Waals surface area contributed by atoms with Crippen LogP contribution >= 0.6 is 11.3 Å². The van der Waals surface area contributed by atoms with E-state index >= 15 is 0 Å². The van der Waals surface area contributed by atoms with Gasteiger partial charge < -0.3 is 9.80 Å². The fourth-order valence-corrected chi connectivity index (χ4v) is 5.25. The average Bonchev–Trinajstić information content (AvgIpc) is 3.27. The van der Waals surface area contributed by atoms with E-state index in [4.69, 9.17) is 0 Å². The van der Waals surface area contributed by atoms with Crippen molar-refractivity contribution in [3.63, 3.8) is 0 Å². The molecule has 2 aliphatic rings. The zero-order valence-corrected chi connectivity index (χ0v) is 17.3. The second-order valence-electron chi connectivity index (χ2n) is 7.91. The Balaban J connectivity index is 1.33. The smallest absolute Gasteiger partial charge is 0.264 e. The van der Waals surface area contributed by atoms with E-state index in [1.54, 1.807) is 0 Å². The number of fused-ring (bicyclic) bond motifs is 1. The van der Waals surface area contributed by atoms with E-state index in [0.29, 0.717) is 26.2 Å². The minimum absolute atomic E-state index is 0.0564. The van der Waals surface area contributed by atoms with Crippen molar-refractivity contribution in [2.24, 2.45) is 5.92 Å². The molecule has 0 bridgehead atoms. The third-order valence-electron chi connectivity index (χ3n) is 6.09. The van der Waals surface area contributed by atoms with Crippen LogP contribution in [0.3, 0.4) is 0 Å². The lowest BCUT2D eigenvalue weighted by Gasteiger charge is -2.38. The largest absolute Gasteiger partial charge is 0.339 e. The molecule has 1 aliphatic carbocycles. The maximum absolute atomic E-state index is 13.1. The van der Waals surface area contributed by atoms with Crippen molar-refractivity contribution in [1.29, 1.82) is 0 Å². The van der Waals surface area contributed by atoms with Gasteiger partial charge in [0.05, 0.1) is 16.3 Å². The molecule has 2 amide bonds. The van der Waals surface area contributed by atoms with Crippen LogP contribution in [-0.2, 0) is 4.79 Å². The van der Waals surface area contributed by atoms with Gasteiger partial charge in [0.2, 0.25) is 5.91 Å². The molecule has 1 aromatic carbocycles. The van der Waals surface area contributed by atoms with Crippen LogP contribution in [-0.4, -0.2) is 57.6 Å². The van der Waals surface area contributed by atoms with Gasteiger partial charge in [0.15, 0.2) is 0 Å². The van der Waals surface area contributed by atoms with Gasteiger partial charge in [-0.2, -0.15) is 5.10 Å². The Labute approximate surface area is 173 Å². The van der Waals surface area contributed by atoms with Crippen molar-refractivity contribution in [2.45, 2.75) is 26.2 Å². The second-order valence-corrected chi connectivity index (χ2v) is 8.94. The van der Waals surface area contributed by atoms with Gasteiger partial charge in [0.1, 0.15) is 4.83 Å². The number of rotatable bonds is 3. The molecule has 2 aromatic heterocycles. The highest BCUT2D eigenvalue weighted by atomic mass is 32.1. The maximum atomic E-state index is 13.1. The molecule has 0 unspecified atom stereocenters. The van der Waals surface area contributed by atoms with Gasteiger partial charge in [0, 0.05) is 37.5 Å². The number of thiophene rings is 1.